The van der Waals surface area contributed by atoms with Crippen molar-refractivity contribution in [2.24, 2.45) is 0 Å². The van der Waals surface area contributed by atoms with E-state index in [1.54, 1.807) is 0 Å². The van der Waals surface area contributed by atoms with Crippen molar-refractivity contribution in [3.8, 4) is 0 Å². The van der Waals surface area contributed by atoms with Crippen molar-refractivity contribution in [1.29, 1.82) is 0 Å². The Labute approximate surface area is 64.0 Å². The predicted octanol–water partition coefficient (Wildman–Crippen LogP) is 3.48. The molecule has 0 rings (SSSR count). The fourth-order valence-corrected chi connectivity index (χ4v) is 0.630. The second kappa shape index (κ2) is 5.04. The van der Waals surface area contributed by atoms with Crippen molar-refractivity contribution in [3.63, 3.8) is 0 Å². The Morgan fingerprint density at radius 1 is 1.40 bits per heavy atom. The van der Waals surface area contributed by atoms with Crippen LogP contribution in [0, 0.1) is 0 Å². The van der Waals surface area contributed by atoms with E-state index in [0.29, 0.717) is 0 Å². The molecule has 0 N–H and O–H groups in total. The highest BCUT2D eigenvalue weighted by Gasteiger charge is 1.83. The molecular formula is C10H16. The van der Waals surface area contributed by atoms with Gasteiger partial charge in [-0.1, -0.05) is 29.9 Å². The minimum Gasteiger partial charge on any atom is -0.100 e. The molecule has 0 nitrogen and oxygen atoms in total. The third-order valence-electron chi connectivity index (χ3n) is 1.36. The van der Waals surface area contributed by atoms with Gasteiger partial charge in [0.25, 0.3) is 0 Å². The summed E-state index contributed by atoms with van der Waals surface area (Å²) in [5.41, 5.74) is 2.49. The third kappa shape index (κ3) is 5.36. The lowest BCUT2D eigenvalue weighted by molar-refractivity contribution is 0.977. The maximum Gasteiger partial charge on any atom is -0.0291 e. The molecule has 0 heteroatoms. The minimum absolute atomic E-state index is 1.09. The normalized spacial score (nSPS) is 11.2. The molecule has 0 amide bonds. The van der Waals surface area contributed by atoms with Crippen molar-refractivity contribution in [1.82, 2.24) is 0 Å². The summed E-state index contributed by atoms with van der Waals surface area (Å²) in [4.78, 5) is 0. The zero-order valence-corrected chi connectivity index (χ0v) is 6.98. The van der Waals surface area contributed by atoms with Gasteiger partial charge in [0.05, 0.1) is 0 Å². The molecule has 0 heterocycles. The second-order valence-electron chi connectivity index (χ2n) is 2.65. The molecule has 0 spiro atoms. The molecule has 0 saturated carbocycles. The van der Waals surface area contributed by atoms with Crippen LogP contribution in [0.2, 0.25) is 0 Å². The lowest BCUT2D eigenvalue weighted by atomic mass is 10.1. The molecule has 0 bridgehead atoms. The van der Waals surface area contributed by atoms with E-state index in [1.165, 1.54) is 11.1 Å². The quantitative estimate of drug-likeness (QED) is 0.410. The summed E-state index contributed by atoms with van der Waals surface area (Å²) in [5, 5.41) is 0. The number of rotatable bonds is 4. The van der Waals surface area contributed by atoms with E-state index >= 15 is 0 Å². The highest BCUT2D eigenvalue weighted by molar-refractivity contribution is 5.12. The van der Waals surface area contributed by atoms with Crippen molar-refractivity contribution < 1.29 is 0 Å². The van der Waals surface area contributed by atoms with Crippen LogP contribution in [0.4, 0.5) is 0 Å². The Bertz CT molecular complexity index is 149. The van der Waals surface area contributed by atoms with Gasteiger partial charge in [-0.05, 0) is 26.7 Å². The van der Waals surface area contributed by atoms with E-state index < -0.39 is 0 Å². The Hall–Kier alpha value is -0.780. The van der Waals surface area contributed by atoms with Gasteiger partial charge >= 0.3 is 0 Å². The van der Waals surface area contributed by atoms with E-state index in [4.69, 9.17) is 0 Å². The van der Waals surface area contributed by atoms with Crippen molar-refractivity contribution in [3.05, 3.63) is 36.5 Å². The minimum atomic E-state index is 1.09. The monoisotopic (exact) mass is 136 g/mol. The van der Waals surface area contributed by atoms with Gasteiger partial charge < -0.3 is 0 Å². The molecule has 0 aliphatic heterocycles. The summed E-state index contributed by atoms with van der Waals surface area (Å²) < 4.78 is 0. The van der Waals surface area contributed by atoms with Crippen LogP contribution in [-0.2, 0) is 0 Å². The highest BCUT2D eigenvalue weighted by Crippen LogP contribution is 2.04. The van der Waals surface area contributed by atoms with Crippen LogP contribution < -0.4 is 0 Å². The van der Waals surface area contributed by atoms with Gasteiger partial charge in [-0.15, -0.1) is 6.58 Å². The van der Waals surface area contributed by atoms with E-state index in [0.717, 1.165) is 12.8 Å². The van der Waals surface area contributed by atoms with Gasteiger partial charge in [-0.25, -0.2) is 0 Å². The largest absolute Gasteiger partial charge is 0.100 e. The summed E-state index contributed by atoms with van der Waals surface area (Å²) in [5.74, 6) is 0. The number of hydrogen-bond donors (Lipinski definition) is 0. The first kappa shape index (κ1) is 9.22. The van der Waals surface area contributed by atoms with Crippen molar-refractivity contribution in [2.45, 2.75) is 26.7 Å². The summed E-state index contributed by atoms with van der Waals surface area (Å²) in [6, 6.07) is 0. The average molecular weight is 136 g/mol. The number of allylic oxidation sites excluding steroid dienone is 4. The van der Waals surface area contributed by atoms with Gasteiger partial charge in [0, 0.05) is 0 Å². The Morgan fingerprint density at radius 3 is 2.40 bits per heavy atom. The topological polar surface area (TPSA) is 0 Å². The van der Waals surface area contributed by atoms with Crippen molar-refractivity contribution >= 4 is 0 Å². The molecule has 0 aliphatic carbocycles. The second-order valence-corrected chi connectivity index (χ2v) is 2.65. The predicted molar refractivity (Wildman–Crippen MR) is 48.0 cm³/mol. The number of hydrogen-bond acceptors (Lipinski definition) is 0. The maximum atomic E-state index is 3.82. The lowest BCUT2D eigenvalue weighted by Crippen LogP contribution is -1.73. The molecule has 0 unspecified atom stereocenters. The van der Waals surface area contributed by atoms with Crippen LogP contribution in [0.25, 0.3) is 0 Å². The summed E-state index contributed by atoms with van der Waals surface area (Å²) in [7, 11) is 0. The maximum absolute atomic E-state index is 3.82. The first-order valence-electron chi connectivity index (χ1n) is 3.60. The van der Waals surface area contributed by atoms with Crippen LogP contribution in [-0.4, -0.2) is 0 Å². The third-order valence-corrected chi connectivity index (χ3v) is 1.36. The Morgan fingerprint density at radius 2 is 2.00 bits per heavy atom. The first-order valence-corrected chi connectivity index (χ1v) is 3.60. The molecule has 0 saturated heterocycles. The van der Waals surface area contributed by atoms with Gasteiger partial charge in [-0.3, -0.25) is 0 Å². The summed E-state index contributed by atoms with van der Waals surface area (Å²) >= 11 is 0. The smallest absolute Gasteiger partial charge is 0.0291 e. The molecule has 56 valence electrons. The van der Waals surface area contributed by atoms with Gasteiger partial charge in [0.15, 0.2) is 0 Å². The van der Waals surface area contributed by atoms with E-state index in [2.05, 4.69) is 33.1 Å². The van der Waals surface area contributed by atoms with E-state index in [-0.39, 0.29) is 0 Å². The lowest BCUT2D eigenvalue weighted by Gasteiger charge is -1.93. The molecule has 0 aromatic carbocycles. The van der Waals surface area contributed by atoms with Crippen LogP contribution >= 0.6 is 0 Å². The molecular weight excluding hydrogens is 120 g/mol. The van der Waals surface area contributed by atoms with Gasteiger partial charge in [0.1, 0.15) is 0 Å². The summed E-state index contributed by atoms with van der Waals surface area (Å²) in [6.07, 6.45) is 6.23. The molecule has 0 aromatic heterocycles. The van der Waals surface area contributed by atoms with Crippen LogP contribution in [0.1, 0.15) is 26.7 Å². The van der Waals surface area contributed by atoms with Crippen LogP contribution in [0.5, 0.6) is 0 Å². The van der Waals surface area contributed by atoms with Gasteiger partial charge in [-0.2, -0.15) is 0 Å². The Balaban J connectivity index is 3.52. The first-order chi connectivity index (χ1) is 4.66. The fourth-order valence-electron chi connectivity index (χ4n) is 0.630. The molecule has 0 aromatic rings. The summed E-state index contributed by atoms with van der Waals surface area (Å²) in [6.45, 7) is 11.6. The highest BCUT2D eigenvalue weighted by atomic mass is 13.9. The fraction of sp³-hybridized carbons (Fsp3) is 0.400. The molecule has 0 fully saturated rings. The van der Waals surface area contributed by atoms with Crippen molar-refractivity contribution in [2.75, 3.05) is 0 Å². The standard InChI is InChI=1S/C10H16/c1-5-10(4)8-6-7-9(2)3/h5,8H,1-2,6-7H2,3-4H3. The Kier molecular flexibility index (Phi) is 4.65. The zero-order valence-electron chi connectivity index (χ0n) is 6.98. The van der Waals surface area contributed by atoms with Gasteiger partial charge in [0.2, 0.25) is 0 Å². The van der Waals surface area contributed by atoms with E-state index in [1.807, 2.05) is 6.08 Å². The molecule has 0 radical (unpaired) electrons. The molecule has 0 atom stereocenters. The molecule has 10 heavy (non-hydrogen) atoms. The SMILES string of the molecule is C=CC(C)=CCCC(=C)C. The molecule has 0 aliphatic rings. The van der Waals surface area contributed by atoms with E-state index in [9.17, 15) is 0 Å². The average Bonchev–Trinajstić information content (AvgIpc) is 1.87. The van der Waals surface area contributed by atoms with Crippen LogP contribution in [0.3, 0.4) is 0 Å². The zero-order chi connectivity index (χ0) is 7.98. The van der Waals surface area contributed by atoms with Crippen LogP contribution in [0.15, 0.2) is 36.5 Å².